The number of hydrogen-bond donors (Lipinski definition) is 2. The van der Waals surface area contributed by atoms with Crippen LogP contribution in [0.1, 0.15) is 18.2 Å². The van der Waals surface area contributed by atoms with E-state index in [4.69, 9.17) is 10.2 Å². The van der Waals surface area contributed by atoms with Gasteiger partial charge in [-0.1, -0.05) is 6.07 Å². The minimum Gasteiger partial charge on any atom is -0.480 e. The normalized spacial score (nSPS) is 11.3. The molecule has 0 saturated heterocycles. The molecule has 5 heteroatoms. The van der Waals surface area contributed by atoms with Crippen molar-refractivity contribution in [1.29, 1.82) is 0 Å². The van der Waals surface area contributed by atoms with Crippen molar-refractivity contribution >= 4 is 23.3 Å². The molecule has 0 unspecified atom stereocenters. The van der Waals surface area contributed by atoms with E-state index in [0.29, 0.717) is 6.42 Å². The number of carboxylic acid groups (broad SMARTS) is 2. The van der Waals surface area contributed by atoms with Crippen LogP contribution in [-0.4, -0.2) is 22.2 Å². The van der Waals surface area contributed by atoms with Crippen molar-refractivity contribution in [3.05, 3.63) is 22.4 Å². The first-order valence-electron chi connectivity index (χ1n) is 4.46. The molecule has 1 rings (SSSR count). The molecule has 15 heavy (non-hydrogen) atoms. The number of aliphatic carboxylic acids is 2. The van der Waals surface area contributed by atoms with Crippen LogP contribution < -0.4 is 0 Å². The van der Waals surface area contributed by atoms with Gasteiger partial charge in [-0.25, -0.2) is 0 Å². The molecule has 0 aliphatic heterocycles. The minimum atomic E-state index is -1.69. The fourth-order valence-corrected chi connectivity index (χ4v) is 1.84. The molecule has 2 N–H and O–H groups in total. The average Bonchev–Trinajstić information content (AvgIpc) is 2.65. The van der Waals surface area contributed by atoms with Crippen LogP contribution in [0.5, 0.6) is 0 Å². The topological polar surface area (TPSA) is 74.6 Å². The van der Waals surface area contributed by atoms with E-state index >= 15 is 0 Å². The van der Waals surface area contributed by atoms with Gasteiger partial charge in [-0.3, -0.25) is 9.59 Å². The summed E-state index contributed by atoms with van der Waals surface area (Å²) < 4.78 is 0. The number of aryl methyl sites for hydroxylation is 1. The summed E-state index contributed by atoms with van der Waals surface area (Å²) in [6.45, 7) is 1.24. The number of thiophene rings is 1. The molecule has 0 aliphatic carbocycles. The molecule has 0 atom stereocenters. The van der Waals surface area contributed by atoms with Crippen LogP contribution in [0.2, 0.25) is 0 Å². The Morgan fingerprint density at radius 3 is 2.40 bits per heavy atom. The minimum absolute atomic E-state index is 0.109. The second kappa shape index (κ2) is 4.44. The van der Waals surface area contributed by atoms with Crippen molar-refractivity contribution in [2.24, 2.45) is 5.41 Å². The van der Waals surface area contributed by atoms with Crippen molar-refractivity contribution in [3.63, 3.8) is 0 Å². The molecule has 0 aromatic carbocycles. The highest BCUT2D eigenvalue weighted by molar-refractivity contribution is 7.09. The zero-order chi connectivity index (χ0) is 11.5. The Balaban J connectivity index is 2.69. The van der Waals surface area contributed by atoms with Gasteiger partial charge < -0.3 is 10.2 Å². The molecular formula is C10H12O4S. The van der Waals surface area contributed by atoms with E-state index in [1.165, 1.54) is 18.3 Å². The van der Waals surface area contributed by atoms with Crippen molar-refractivity contribution in [3.8, 4) is 0 Å². The Kier molecular flexibility index (Phi) is 3.47. The lowest BCUT2D eigenvalue weighted by Crippen LogP contribution is -2.36. The maximum absolute atomic E-state index is 10.8. The van der Waals surface area contributed by atoms with Crippen molar-refractivity contribution in [2.75, 3.05) is 0 Å². The van der Waals surface area contributed by atoms with Crippen molar-refractivity contribution < 1.29 is 19.8 Å². The highest BCUT2D eigenvalue weighted by Gasteiger charge is 2.40. The van der Waals surface area contributed by atoms with Crippen LogP contribution in [0.4, 0.5) is 0 Å². The molecule has 1 aromatic heterocycles. The van der Waals surface area contributed by atoms with Gasteiger partial charge in [0, 0.05) is 4.88 Å². The summed E-state index contributed by atoms with van der Waals surface area (Å²) in [7, 11) is 0. The summed E-state index contributed by atoms with van der Waals surface area (Å²) in [5.41, 5.74) is -1.69. The Hall–Kier alpha value is -1.36. The van der Waals surface area contributed by atoms with E-state index < -0.39 is 17.4 Å². The number of carbonyl (C=O) groups is 2. The van der Waals surface area contributed by atoms with E-state index in [0.717, 1.165) is 4.88 Å². The van der Waals surface area contributed by atoms with Crippen LogP contribution in [0.3, 0.4) is 0 Å². The van der Waals surface area contributed by atoms with Crippen LogP contribution in [0.25, 0.3) is 0 Å². The van der Waals surface area contributed by atoms with Crippen LogP contribution in [-0.2, 0) is 16.0 Å². The van der Waals surface area contributed by atoms with Gasteiger partial charge in [0.25, 0.3) is 0 Å². The summed E-state index contributed by atoms with van der Waals surface area (Å²) in [5, 5.41) is 19.6. The van der Waals surface area contributed by atoms with Gasteiger partial charge in [0.15, 0.2) is 5.41 Å². The average molecular weight is 228 g/mol. The third kappa shape index (κ3) is 2.56. The molecule has 4 nitrogen and oxygen atoms in total. The van der Waals surface area contributed by atoms with Crippen LogP contribution >= 0.6 is 11.3 Å². The van der Waals surface area contributed by atoms with Gasteiger partial charge in [0.05, 0.1) is 0 Å². The van der Waals surface area contributed by atoms with Crippen LogP contribution in [0.15, 0.2) is 17.5 Å². The maximum Gasteiger partial charge on any atom is 0.320 e. The second-order valence-corrected chi connectivity index (χ2v) is 4.55. The number of carboxylic acids is 2. The largest absolute Gasteiger partial charge is 0.480 e. The second-order valence-electron chi connectivity index (χ2n) is 3.52. The summed E-state index contributed by atoms with van der Waals surface area (Å²) >= 11 is 1.50. The summed E-state index contributed by atoms with van der Waals surface area (Å²) in [5.74, 6) is -2.57. The van der Waals surface area contributed by atoms with Crippen molar-refractivity contribution in [2.45, 2.75) is 19.8 Å². The molecule has 0 radical (unpaired) electrons. The number of hydrogen-bond acceptors (Lipinski definition) is 3. The predicted molar refractivity (Wildman–Crippen MR) is 56.0 cm³/mol. The Morgan fingerprint density at radius 1 is 1.40 bits per heavy atom. The van der Waals surface area contributed by atoms with Crippen molar-refractivity contribution in [1.82, 2.24) is 0 Å². The highest BCUT2D eigenvalue weighted by Crippen LogP contribution is 2.25. The Labute approximate surface area is 91.2 Å². The third-order valence-corrected chi connectivity index (χ3v) is 3.33. The lowest BCUT2D eigenvalue weighted by atomic mass is 9.85. The fourth-order valence-electron chi connectivity index (χ4n) is 1.13. The SMILES string of the molecule is CC(CCc1cccs1)(C(=O)O)C(=O)O. The Morgan fingerprint density at radius 2 is 2.00 bits per heavy atom. The standard InChI is InChI=1S/C10H12O4S/c1-10(8(11)12,9(13)14)5-4-7-3-2-6-15-7/h2-3,6H,4-5H2,1H3,(H,11,12)(H,13,14). The smallest absolute Gasteiger partial charge is 0.320 e. The van der Waals surface area contributed by atoms with Gasteiger partial charge in [0.1, 0.15) is 0 Å². The fraction of sp³-hybridized carbons (Fsp3) is 0.400. The molecule has 0 bridgehead atoms. The molecule has 1 aromatic rings. The molecule has 0 spiro atoms. The quantitative estimate of drug-likeness (QED) is 0.754. The highest BCUT2D eigenvalue weighted by atomic mass is 32.1. The molecule has 82 valence electrons. The molecule has 0 saturated carbocycles. The van der Waals surface area contributed by atoms with Gasteiger partial charge in [0.2, 0.25) is 0 Å². The van der Waals surface area contributed by atoms with E-state index in [2.05, 4.69) is 0 Å². The zero-order valence-corrected chi connectivity index (χ0v) is 9.08. The lowest BCUT2D eigenvalue weighted by molar-refractivity contribution is -0.163. The lowest BCUT2D eigenvalue weighted by Gasteiger charge is -2.18. The monoisotopic (exact) mass is 228 g/mol. The van der Waals surface area contributed by atoms with E-state index in [9.17, 15) is 9.59 Å². The first kappa shape index (κ1) is 11.7. The summed E-state index contributed by atoms with van der Waals surface area (Å²) in [6.07, 6.45) is 0.588. The van der Waals surface area contributed by atoms with E-state index in [1.54, 1.807) is 0 Å². The first-order chi connectivity index (χ1) is 6.97. The summed E-state index contributed by atoms with van der Waals surface area (Å²) in [6, 6.07) is 3.73. The summed E-state index contributed by atoms with van der Waals surface area (Å²) in [4.78, 5) is 22.7. The maximum atomic E-state index is 10.8. The molecule has 0 amide bonds. The molecule has 1 heterocycles. The Bertz CT molecular complexity index is 342. The van der Waals surface area contributed by atoms with Gasteiger partial charge in [-0.2, -0.15) is 0 Å². The van der Waals surface area contributed by atoms with E-state index in [-0.39, 0.29) is 6.42 Å². The molecule has 0 fully saturated rings. The van der Waals surface area contributed by atoms with E-state index in [1.807, 2.05) is 17.5 Å². The van der Waals surface area contributed by atoms with Gasteiger partial charge >= 0.3 is 11.9 Å². The van der Waals surface area contributed by atoms with Crippen LogP contribution in [0, 0.1) is 5.41 Å². The van der Waals surface area contributed by atoms with Gasteiger partial charge in [-0.05, 0) is 31.2 Å². The zero-order valence-electron chi connectivity index (χ0n) is 8.27. The number of rotatable bonds is 5. The third-order valence-electron chi connectivity index (χ3n) is 2.40. The molecule has 0 aliphatic rings. The molecular weight excluding hydrogens is 216 g/mol. The first-order valence-corrected chi connectivity index (χ1v) is 5.34. The predicted octanol–water partition coefficient (Wildman–Crippen LogP) is 1.86. The van der Waals surface area contributed by atoms with Gasteiger partial charge in [-0.15, -0.1) is 11.3 Å².